The molecule has 0 fully saturated rings. The molecule has 0 bridgehead atoms. The first-order valence-electron chi connectivity index (χ1n) is 5.85. The van der Waals surface area contributed by atoms with Crippen molar-refractivity contribution in [2.75, 3.05) is 0 Å². The van der Waals surface area contributed by atoms with Crippen LogP contribution in [0.25, 0.3) is 5.69 Å². The van der Waals surface area contributed by atoms with E-state index >= 15 is 0 Å². The summed E-state index contributed by atoms with van der Waals surface area (Å²) < 4.78 is 20.1. The van der Waals surface area contributed by atoms with Gasteiger partial charge in [0.1, 0.15) is 11.6 Å². The Morgan fingerprint density at radius 2 is 1.63 bits per heavy atom. The predicted octanol–water partition coefficient (Wildman–Crippen LogP) is 3.80. The van der Waals surface area contributed by atoms with Crippen LogP contribution in [0.2, 0.25) is 0 Å². The zero-order valence-electron chi connectivity index (χ0n) is 10.0. The summed E-state index contributed by atoms with van der Waals surface area (Å²) in [6, 6.07) is 15.6. The molecule has 94 valence electrons. The monoisotopic (exact) mass is 254 g/mol. The third kappa shape index (κ3) is 2.63. The van der Waals surface area contributed by atoms with Crippen molar-refractivity contribution in [3.05, 3.63) is 72.8 Å². The molecule has 0 unspecified atom stereocenters. The van der Waals surface area contributed by atoms with Crippen LogP contribution in [-0.2, 0) is 0 Å². The van der Waals surface area contributed by atoms with Gasteiger partial charge in [0.2, 0.25) is 0 Å². The molecule has 0 saturated heterocycles. The van der Waals surface area contributed by atoms with E-state index in [1.807, 2.05) is 30.3 Å². The summed E-state index contributed by atoms with van der Waals surface area (Å²) in [6.07, 6.45) is 3.40. The van der Waals surface area contributed by atoms with E-state index in [4.69, 9.17) is 4.74 Å². The second kappa shape index (κ2) is 4.94. The van der Waals surface area contributed by atoms with Crippen LogP contribution in [-0.4, -0.2) is 9.78 Å². The van der Waals surface area contributed by atoms with Crippen molar-refractivity contribution in [3.63, 3.8) is 0 Å². The lowest BCUT2D eigenvalue weighted by Crippen LogP contribution is -1.92. The van der Waals surface area contributed by atoms with Gasteiger partial charge in [-0.2, -0.15) is 5.10 Å². The van der Waals surface area contributed by atoms with Crippen LogP contribution in [0.15, 0.2) is 67.0 Å². The molecular formula is C15H11FN2O. The minimum atomic E-state index is -0.285. The van der Waals surface area contributed by atoms with Crippen molar-refractivity contribution in [3.8, 4) is 17.2 Å². The van der Waals surface area contributed by atoms with Crippen LogP contribution in [0.5, 0.6) is 11.5 Å². The Hall–Kier alpha value is -2.62. The van der Waals surface area contributed by atoms with Gasteiger partial charge in [0.15, 0.2) is 5.75 Å². The van der Waals surface area contributed by atoms with E-state index in [1.165, 1.54) is 12.1 Å². The lowest BCUT2D eigenvalue weighted by atomic mass is 10.3. The van der Waals surface area contributed by atoms with Crippen LogP contribution >= 0.6 is 0 Å². The average Bonchev–Trinajstić information content (AvgIpc) is 2.91. The van der Waals surface area contributed by atoms with Crippen LogP contribution in [0, 0.1) is 5.82 Å². The fourth-order valence-electron chi connectivity index (χ4n) is 1.72. The van der Waals surface area contributed by atoms with E-state index in [1.54, 1.807) is 29.2 Å². The van der Waals surface area contributed by atoms with E-state index in [-0.39, 0.29) is 5.82 Å². The molecule has 1 aromatic heterocycles. The van der Waals surface area contributed by atoms with Crippen molar-refractivity contribution in [2.45, 2.75) is 0 Å². The van der Waals surface area contributed by atoms with E-state index in [2.05, 4.69) is 5.10 Å². The molecule has 0 N–H and O–H groups in total. The topological polar surface area (TPSA) is 27.1 Å². The van der Waals surface area contributed by atoms with Gasteiger partial charge in [0.25, 0.3) is 0 Å². The molecule has 0 aliphatic rings. The number of hydrogen-bond acceptors (Lipinski definition) is 2. The molecule has 0 saturated carbocycles. The molecule has 3 aromatic rings. The van der Waals surface area contributed by atoms with Gasteiger partial charge in [-0.25, -0.2) is 9.07 Å². The number of rotatable bonds is 3. The lowest BCUT2D eigenvalue weighted by Gasteiger charge is -2.02. The number of benzene rings is 2. The van der Waals surface area contributed by atoms with Gasteiger partial charge in [-0.15, -0.1) is 0 Å². The summed E-state index contributed by atoms with van der Waals surface area (Å²) in [5.74, 6) is 0.900. The molecule has 19 heavy (non-hydrogen) atoms. The summed E-state index contributed by atoms with van der Waals surface area (Å²) in [4.78, 5) is 0. The quantitative estimate of drug-likeness (QED) is 0.710. The minimum Gasteiger partial charge on any atom is -0.454 e. The molecule has 4 heteroatoms. The normalized spacial score (nSPS) is 10.4. The fourth-order valence-corrected chi connectivity index (χ4v) is 1.72. The zero-order chi connectivity index (χ0) is 13.1. The molecule has 0 radical (unpaired) electrons. The van der Waals surface area contributed by atoms with Crippen molar-refractivity contribution in [1.29, 1.82) is 0 Å². The van der Waals surface area contributed by atoms with Gasteiger partial charge in [-0.05, 0) is 36.4 Å². The number of halogens is 1. The summed E-state index contributed by atoms with van der Waals surface area (Å²) in [5.41, 5.74) is 0.955. The molecular weight excluding hydrogens is 243 g/mol. The van der Waals surface area contributed by atoms with Gasteiger partial charge in [-0.3, -0.25) is 0 Å². The van der Waals surface area contributed by atoms with Crippen molar-refractivity contribution >= 4 is 0 Å². The SMILES string of the molecule is Fc1ccc(Oc2cnn(-c3ccccc3)c2)cc1. The van der Waals surface area contributed by atoms with Gasteiger partial charge >= 0.3 is 0 Å². The first-order valence-corrected chi connectivity index (χ1v) is 5.85. The Bertz CT molecular complexity index is 662. The highest BCUT2D eigenvalue weighted by atomic mass is 19.1. The van der Waals surface area contributed by atoms with Crippen LogP contribution < -0.4 is 4.74 Å². The van der Waals surface area contributed by atoms with Gasteiger partial charge in [0, 0.05) is 0 Å². The maximum Gasteiger partial charge on any atom is 0.165 e. The van der Waals surface area contributed by atoms with Crippen molar-refractivity contribution in [1.82, 2.24) is 9.78 Å². The predicted molar refractivity (Wildman–Crippen MR) is 70.0 cm³/mol. The molecule has 0 atom stereocenters. The van der Waals surface area contributed by atoms with Crippen LogP contribution in [0.3, 0.4) is 0 Å². The van der Waals surface area contributed by atoms with Crippen LogP contribution in [0.4, 0.5) is 4.39 Å². The van der Waals surface area contributed by atoms with E-state index in [9.17, 15) is 4.39 Å². The standard InChI is InChI=1S/C15H11FN2O/c16-12-6-8-14(9-7-12)19-15-10-17-18(11-15)13-4-2-1-3-5-13/h1-11H. The summed E-state index contributed by atoms with van der Waals surface area (Å²) in [5, 5.41) is 4.22. The first kappa shape index (κ1) is 11.5. The van der Waals surface area contributed by atoms with E-state index in [0.29, 0.717) is 11.5 Å². The van der Waals surface area contributed by atoms with E-state index < -0.39 is 0 Å². The molecule has 0 amide bonds. The Morgan fingerprint density at radius 3 is 2.37 bits per heavy atom. The Balaban J connectivity index is 1.80. The molecule has 0 aliphatic heterocycles. The van der Waals surface area contributed by atoms with Gasteiger partial charge in [0.05, 0.1) is 18.1 Å². The molecule has 0 spiro atoms. The third-order valence-corrected chi connectivity index (χ3v) is 2.63. The fraction of sp³-hybridized carbons (Fsp3) is 0. The van der Waals surface area contributed by atoms with Gasteiger partial charge in [-0.1, -0.05) is 18.2 Å². The summed E-state index contributed by atoms with van der Waals surface area (Å²) >= 11 is 0. The molecule has 3 nitrogen and oxygen atoms in total. The third-order valence-electron chi connectivity index (χ3n) is 2.63. The van der Waals surface area contributed by atoms with Crippen molar-refractivity contribution in [2.24, 2.45) is 0 Å². The number of para-hydroxylation sites is 1. The highest BCUT2D eigenvalue weighted by Gasteiger charge is 2.03. The number of ether oxygens (including phenoxy) is 1. The Labute approximate surface area is 109 Å². The van der Waals surface area contributed by atoms with Gasteiger partial charge < -0.3 is 4.74 Å². The summed E-state index contributed by atoms with van der Waals surface area (Å²) in [7, 11) is 0. The minimum absolute atomic E-state index is 0.285. The number of nitrogens with zero attached hydrogens (tertiary/aromatic N) is 2. The number of hydrogen-bond donors (Lipinski definition) is 0. The maximum atomic E-state index is 12.8. The molecule has 3 rings (SSSR count). The zero-order valence-corrected chi connectivity index (χ0v) is 10.0. The molecule has 1 heterocycles. The Morgan fingerprint density at radius 1 is 0.895 bits per heavy atom. The summed E-state index contributed by atoms with van der Waals surface area (Å²) in [6.45, 7) is 0. The number of aromatic nitrogens is 2. The molecule has 0 aliphatic carbocycles. The molecule has 2 aromatic carbocycles. The van der Waals surface area contributed by atoms with E-state index in [0.717, 1.165) is 5.69 Å². The smallest absolute Gasteiger partial charge is 0.165 e. The van der Waals surface area contributed by atoms with Crippen LogP contribution in [0.1, 0.15) is 0 Å². The second-order valence-electron chi connectivity index (χ2n) is 4.01. The van der Waals surface area contributed by atoms with Crippen molar-refractivity contribution < 1.29 is 9.13 Å². The maximum absolute atomic E-state index is 12.8. The lowest BCUT2D eigenvalue weighted by molar-refractivity contribution is 0.480. The average molecular weight is 254 g/mol. The Kier molecular flexibility index (Phi) is 2.98. The largest absolute Gasteiger partial charge is 0.454 e. The highest BCUT2D eigenvalue weighted by Crippen LogP contribution is 2.21. The highest BCUT2D eigenvalue weighted by molar-refractivity contribution is 5.34. The second-order valence-corrected chi connectivity index (χ2v) is 4.01. The first-order chi connectivity index (χ1) is 9.31.